The lowest BCUT2D eigenvalue weighted by Gasteiger charge is -2.47. The van der Waals surface area contributed by atoms with Crippen LogP contribution in [-0.4, -0.2) is 38.7 Å². The molecular formula is C24H32N4O2. The number of fused-ring (bicyclic) bond motifs is 5. The molecule has 1 aliphatic carbocycles. The van der Waals surface area contributed by atoms with Crippen molar-refractivity contribution in [1.82, 2.24) is 19.7 Å². The van der Waals surface area contributed by atoms with Crippen LogP contribution in [-0.2, 0) is 24.1 Å². The number of hydrogen-bond donors (Lipinski definition) is 1. The second-order valence-corrected chi connectivity index (χ2v) is 9.34. The van der Waals surface area contributed by atoms with Crippen molar-refractivity contribution >= 4 is 5.91 Å². The first-order valence-corrected chi connectivity index (χ1v) is 11.7. The summed E-state index contributed by atoms with van der Waals surface area (Å²) in [7, 11) is 0. The van der Waals surface area contributed by atoms with Crippen molar-refractivity contribution < 1.29 is 4.79 Å². The summed E-state index contributed by atoms with van der Waals surface area (Å²) in [5.74, 6) is 0.880. The standard InChI is InChI=1S/C24H32N4O2/c1-2-6-21-16-13-17(22-9-5-10-24(30)28(21)22)15-27(14-16)23(29)12-11-20-18-7-3-4-8-19(18)25-26-20/h5,9-10,16-17,21H,2-4,6-8,11-15H2,1H3,(H,25,26)/t16-,17+,21-/m0/s1. The maximum Gasteiger partial charge on any atom is 0.250 e. The average molecular weight is 409 g/mol. The molecule has 3 aliphatic rings. The summed E-state index contributed by atoms with van der Waals surface area (Å²) in [6, 6.07) is 5.86. The number of rotatable bonds is 5. The Morgan fingerprint density at radius 3 is 2.97 bits per heavy atom. The van der Waals surface area contributed by atoms with Crippen LogP contribution in [0.1, 0.15) is 80.1 Å². The maximum atomic E-state index is 13.2. The fourth-order valence-electron chi connectivity index (χ4n) is 6.05. The van der Waals surface area contributed by atoms with E-state index in [4.69, 9.17) is 0 Å². The molecule has 5 rings (SSSR count). The number of carbonyl (C=O) groups is 1. The zero-order valence-electron chi connectivity index (χ0n) is 17.9. The summed E-state index contributed by atoms with van der Waals surface area (Å²) in [6.07, 6.45) is 9.01. The van der Waals surface area contributed by atoms with Gasteiger partial charge in [-0.25, -0.2) is 0 Å². The summed E-state index contributed by atoms with van der Waals surface area (Å²) in [4.78, 5) is 27.8. The minimum atomic E-state index is 0.115. The molecule has 0 saturated carbocycles. The van der Waals surface area contributed by atoms with Crippen LogP contribution in [0, 0.1) is 5.92 Å². The third kappa shape index (κ3) is 3.40. The molecule has 2 aromatic rings. The van der Waals surface area contributed by atoms with Gasteiger partial charge in [-0.2, -0.15) is 5.10 Å². The first-order chi connectivity index (χ1) is 14.7. The molecule has 2 bridgehead atoms. The highest BCUT2D eigenvalue weighted by Crippen LogP contribution is 2.42. The van der Waals surface area contributed by atoms with E-state index in [1.165, 1.54) is 24.1 Å². The van der Waals surface area contributed by atoms with E-state index in [-0.39, 0.29) is 23.4 Å². The topological polar surface area (TPSA) is 71.0 Å². The number of nitrogens with one attached hydrogen (secondary N) is 1. The molecule has 30 heavy (non-hydrogen) atoms. The van der Waals surface area contributed by atoms with Crippen LogP contribution in [0.4, 0.5) is 0 Å². The number of aromatic amines is 1. The number of pyridine rings is 1. The van der Waals surface area contributed by atoms with Crippen molar-refractivity contribution in [3.63, 3.8) is 0 Å². The van der Waals surface area contributed by atoms with Crippen LogP contribution in [0.2, 0.25) is 0 Å². The molecule has 0 unspecified atom stereocenters. The fraction of sp³-hybridized carbons (Fsp3) is 0.625. The van der Waals surface area contributed by atoms with Gasteiger partial charge in [-0.15, -0.1) is 0 Å². The zero-order chi connectivity index (χ0) is 20.7. The number of carbonyl (C=O) groups excluding carboxylic acids is 1. The van der Waals surface area contributed by atoms with Gasteiger partial charge in [0, 0.05) is 55.3 Å². The van der Waals surface area contributed by atoms with Gasteiger partial charge in [-0.3, -0.25) is 14.7 Å². The van der Waals surface area contributed by atoms with Gasteiger partial charge in [0.1, 0.15) is 0 Å². The predicted molar refractivity (Wildman–Crippen MR) is 116 cm³/mol. The highest BCUT2D eigenvalue weighted by Gasteiger charge is 2.41. The molecule has 1 saturated heterocycles. The summed E-state index contributed by atoms with van der Waals surface area (Å²) in [5, 5.41) is 7.70. The van der Waals surface area contributed by atoms with Gasteiger partial charge >= 0.3 is 0 Å². The summed E-state index contributed by atoms with van der Waals surface area (Å²) in [6.45, 7) is 3.69. The summed E-state index contributed by atoms with van der Waals surface area (Å²) >= 11 is 0. The quantitative estimate of drug-likeness (QED) is 0.825. The predicted octanol–water partition coefficient (Wildman–Crippen LogP) is 3.37. The smallest absolute Gasteiger partial charge is 0.250 e. The largest absolute Gasteiger partial charge is 0.342 e. The Balaban J connectivity index is 1.32. The molecule has 1 amide bonds. The van der Waals surface area contributed by atoms with Crippen molar-refractivity contribution in [3.8, 4) is 0 Å². The van der Waals surface area contributed by atoms with Gasteiger partial charge in [-0.05, 0) is 56.1 Å². The van der Waals surface area contributed by atoms with Crippen molar-refractivity contribution in [2.24, 2.45) is 5.92 Å². The van der Waals surface area contributed by atoms with E-state index in [2.05, 4.69) is 28.1 Å². The van der Waals surface area contributed by atoms with Crippen LogP contribution in [0.15, 0.2) is 23.0 Å². The van der Waals surface area contributed by atoms with Crippen LogP contribution < -0.4 is 5.56 Å². The molecular weight excluding hydrogens is 376 g/mol. The Bertz CT molecular complexity index is 991. The molecule has 1 N–H and O–H groups in total. The second-order valence-electron chi connectivity index (χ2n) is 9.34. The molecule has 6 heteroatoms. The Kier molecular flexibility index (Phi) is 5.25. The highest BCUT2D eigenvalue weighted by atomic mass is 16.2. The van der Waals surface area contributed by atoms with Crippen LogP contribution in [0.25, 0.3) is 0 Å². The van der Waals surface area contributed by atoms with E-state index in [0.29, 0.717) is 12.3 Å². The number of amides is 1. The molecule has 160 valence electrons. The van der Waals surface area contributed by atoms with Crippen LogP contribution in [0.3, 0.4) is 0 Å². The Hall–Kier alpha value is -2.37. The number of piperidine rings is 1. The lowest BCUT2D eigenvalue weighted by atomic mass is 9.77. The summed E-state index contributed by atoms with van der Waals surface area (Å²) < 4.78 is 2.04. The molecule has 1 fully saturated rings. The number of aromatic nitrogens is 3. The lowest BCUT2D eigenvalue weighted by molar-refractivity contribution is -0.134. The van der Waals surface area contributed by atoms with E-state index in [0.717, 1.165) is 63.0 Å². The highest BCUT2D eigenvalue weighted by molar-refractivity contribution is 5.76. The van der Waals surface area contributed by atoms with Gasteiger partial charge in [0.05, 0.1) is 5.69 Å². The van der Waals surface area contributed by atoms with Gasteiger partial charge < -0.3 is 9.47 Å². The minimum absolute atomic E-state index is 0.115. The van der Waals surface area contributed by atoms with E-state index in [1.54, 1.807) is 6.07 Å². The molecule has 2 aliphatic heterocycles. The van der Waals surface area contributed by atoms with Crippen LogP contribution >= 0.6 is 0 Å². The second kappa shape index (κ2) is 8.05. The number of nitrogens with zero attached hydrogens (tertiary/aromatic N) is 3. The molecule has 0 radical (unpaired) electrons. The SMILES string of the molecule is CCC[C@H]1[C@H]2C[C@H](CN(C(=O)CCc3n[nH]c4c3CCCC4)C2)c2cccc(=O)n21. The number of H-pyrrole nitrogens is 1. The molecule has 0 spiro atoms. The van der Waals surface area contributed by atoms with Crippen molar-refractivity contribution in [2.45, 2.75) is 76.7 Å². The maximum absolute atomic E-state index is 13.2. The van der Waals surface area contributed by atoms with Gasteiger partial charge in [0.25, 0.3) is 5.56 Å². The van der Waals surface area contributed by atoms with Gasteiger partial charge in [0.2, 0.25) is 5.91 Å². The van der Waals surface area contributed by atoms with E-state index >= 15 is 0 Å². The van der Waals surface area contributed by atoms with Crippen LogP contribution in [0.5, 0.6) is 0 Å². The first kappa shape index (κ1) is 19.6. The minimum Gasteiger partial charge on any atom is -0.342 e. The number of hydrogen-bond acceptors (Lipinski definition) is 3. The van der Waals surface area contributed by atoms with Crippen molar-refractivity contribution in [2.75, 3.05) is 13.1 Å². The third-order valence-electron chi connectivity index (χ3n) is 7.45. The molecule has 4 heterocycles. The fourth-order valence-corrected chi connectivity index (χ4v) is 6.05. The van der Waals surface area contributed by atoms with E-state index < -0.39 is 0 Å². The first-order valence-electron chi connectivity index (χ1n) is 11.7. The van der Waals surface area contributed by atoms with Gasteiger partial charge in [0.15, 0.2) is 0 Å². The van der Waals surface area contributed by atoms with Crippen molar-refractivity contribution in [1.29, 1.82) is 0 Å². The lowest BCUT2D eigenvalue weighted by Crippen LogP contribution is -2.51. The average Bonchev–Trinajstić information content (AvgIpc) is 3.18. The number of likely N-dealkylation sites (tertiary alicyclic amines) is 1. The number of aryl methyl sites for hydroxylation is 2. The zero-order valence-corrected chi connectivity index (χ0v) is 17.9. The Morgan fingerprint density at radius 2 is 2.10 bits per heavy atom. The third-order valence-corrected chi connectivity index (χ3v) is 7.45. The monoisotopic (exact) mass is 408 g/mol. The van der Waals surface area contributed by atoms with E-state index in [9.17, 15) is 9.59 Å². The summed E-state index contributed by atoms with van der Waals surface area (Å²) in [5.41, 5.74) is 4.97. The normalized spacial score (nSPS) is 25.0. The molecule has 3 atom stereocenters. The van der Waals surface area contributed by atoms with Gasteiger partial charge in [-0.1, -0.05) is 19.4 Å². The Morgan fingerprint density at radius 1 is 1.23 bits per heavy atom. The molecule has 0 aromatic carbocycles. The Labute approximate surface area is 177 Å². The molecule has 2 aromatic heterocycles. The molecule has 6 nitrogen and oxygen atoms in total. The van der Waals surface area contributed by atoms with Crippen molar-refractivity contribution in [3.05, 3.63) is 51.2 Å². The van der Waals surface area contributed by atoms with E-state index in [1.807, 2.05) is 10.6 Å².